The van der Waals surface area contributed by atoms with Crippen LogP contribution in [0.15, 0.2) is 12.1 Å². The summed E-state index contributed by atoms with van der Waals surface area (Å²) in [6, 6.07) is 3.63. The molecule has 2 nitrogen and oxygen atoms in total. The Hall–Kier alpha value is -1.02. The average Bonchev–Trinajstić information content (AvgIpc) is 2.91. The van der Waals surface area contributed by atoms with Crippen LogP contribution < -0.4 is 0 Å². The van der Waals surface area contributed by atoms with Crippen molar-refractivity contribution in [2.75, 3.05) is 0 Å². The minimum atomic E-state index is -0.869. The first-order chi connectivity index (χ1) is 6.61. The lowest BCUT2D eigenvalue weighted by atomic mass is 9.98. The number of hydrogen-bond acceptors (Lipinski definition) is 1. The second-order valence-corrected chi connectivity index (χ2v) is 4.12. The largest absolute Gasteiger partial charge is 0.478 e. The first-order valence-corrected chi connectivity index (χ1v) is 5.01. The van der Waals surface area contributed by atoms with Gasteiger partial charge in [-0.15, -0.1) is 0 Å². The SMILES string of the molecule is Cc1c(Cl)ccc(C2CC2)c1C(=O)O. The van der Waals surface area contributed by atoms with Crippen molar-refractivity contribution in [2.45, 2.75) is 25.7 Å². The molecule has 0 saturated heterocycles. The lowest BCUT2D eigenvalue weighted by molar-refractivity contribution is 0.0695. The van der Waals surface area contributed by atoms with Crippen LogP contribution in [0.25, 0.3) is 0 Å². The summed E-state index contributed by atoms with van der Waals surface area (Å²) < 4.78 is 0. The summed E-state index contributed by atoms with van der Waals surface area (Å²) in [5, 5.41) is 9.62. The summed E-state index contributed by atoms with van der Waals surface area (Å²) in [6.07, 6.45) is 2.20. The summed E-state index contributed by atoms with van der Waals surface area (Å²) in [4.78, 5) is 11.1. The summed E-state index contributed by atoms with van der Waals surface area (Å²) in [5.74, 6) is -0.427. The second kappa shape index (κ2) is 3.28. The van der Waals surface area contributed by atoms with Gasteiger partial charge in [0, 0.05) is 5.02 Å². The van der Waals surface area contributed by atoms with E-state index in [1.54, 1.807) is 13.0 Å². The summed E-state index contributed by atoms with van der Waals surface area (Å²) in [7, 11) is 0. The molecule has 1 aliphatic rings. The molecule has 0 bridgehead atoms. The Kier molecular flexibility index (Phi) is 2.23. The molecule has 74 valence electrons. The highest BCUT2D eigenvalue weighted by Gasteiger charge is 2.29. The minimum Gasteiger partial charge on any atom is -0.478 e. The molecular weight excluding hydrogens is 200 g/mol. The van der Waals surface area contributed by atoms with E-state index in [2.05, 4.69) is 0 Å². The molecule has 1 aliphatic carbocycles. The van der Waals surface area contributed by atoms with E-state index in [-0.39, 0.29) is 0 Å². The lowest BCUT2D eigenvalue weighted by Gasteiger charge is -2.09. The maximum absolute atomic E-state index is 11.1. The van der Waals surface area contributed by atoms with Gasteiger partial charge in [0.2, 0.25) is 0 Å². The Balaban J connectivity index is 2.59. The number of carboxylic acid groups (broad SMARTS) is 1. The number of aromatic carboxylic acids is 1. The Morgan fingerprint density at radius 3 is 2.64 bits per heavy atom. The highest BCUT2D eigenvalue weighted by atomic mass is 35.5. The molecule has 1 fully saturated rings. The highest BCUT2D eigenvalue weighted by Crippen LogP contribution is 2.43. The predicted molar refractivity (Wildman–Crippen MR) is 55.1 cm³/mol. The maximum atomic E-state index is 11.1. The topological polar surface area (TPSA) is 37.3 Å². The van der Waals surface area contributed by atoms with Crippen molar-refractivity contribution in [3.63, 3.8) is 0 Å². The van der Waals surface area contributed by atoms with E-state index >= 15 is 0 Å². The molecule has 0 heterocycles. The van der Waals surface area contributed by atoms with E-state index in [1.165, 1.54) is 0 Å². The van der Waals surface area contributed by atoms with E-state index in [4.69, 9.17) is 16.7 Å². The quantitative estimate of drug-likeness (QED) is 0.814. The Morgan fingerprint density at radius 2 is 2.14 bits per heavy atom. The molecule has 1 aromatic carbocycles. The number of hydrogen-bond donors (Lipinski definition) is 1. The molecule has 0 atom stereocenters. The zero-order valence-corrected chi connectivity index (χ0v) is 8.64. The van der Waals surface area contributed by atoms with Gasteiger partial charge in [-0.3, -0.25) is 0 Å². The summed E-state index contributed by atoms with van der Waals surface area (Å²) in [6.45, 7) is 1.76. The molecule has 1 saturated carbocycles. The van der Waals surface area contributed by atoms with Gasteiger partial charge >= 0.3 is 5.97 Å². The summed E-state index contributed by atoms with van der Waals surface area (Å²) >= 11 is 5.89. The third-order valence-corrected chi connectivity index (χ3v) is 3.07. The van der Waals surface area contributed by atoms with Crippen LogP contribution in [0.2, 0.25) is 5.02 Å². The fourth-order valence-electron chi connectivity index (χ4n) is 1.73. The van der Waals surface area contributed by atoms with E-state index < -0.39 is 5.97 Å². The molecule has 0 aliphatic heterocycles. The van der Waals surface area contributed by atoms with Crippen molar-refractivity contribution in [2.24, 2.45) is 0 Å². The molecule has 1 N–H and O–H groups in total. The molecule has 0 spiro atoms. The van der Waals surface area contributed by atoms with Gasteiger partial charge < -0.3 is 5.11 Å². The molecule has 0 amide bonds. The molecule has 0 aromatic heterocycles. The van der Waals surface area contributed by atoms with Crippen LogP contribution in [-0.2, 0) is 0 Å². The van der Waals surface area contributed by atoms with Gasteiger partial charge in [-0.2, -0.15) is 0 Å². The molecule has 3 heteroatoms. The summed E-state index contributed by atoms with van der Waals surface area (Å²) in [5.41, 5.74) is 2.03. The van der Waals surface area contributed by atoms with Gasteiger partial charge in [0.1, 0.15) is 0 Å². The molecule has 14 heavy (non-hydrogen) atoms. The Bertz CT molecular complexity index is 395. The van der Waals surface area contributed by atoms with Crippen molar-refractivity contribution in [3.05, 3.63) is 33.8 Å². The zero-order valence-electron chi connectivity index (χ0n) is 7.88. The molecule has 0 unspecified atom stereocenters. The number of halogens is 1. The van der Waals surface area contributed by atoms with Crippen LogP contribution in [0, 0.1) is 6.92 Å². The molecule has 1 aromatic rings. The van der Waals surface area contributed by atoms with Gasteiger partial charge in [0.15, 0.2) is 0 Å². The van der Waals surface area contributed by atoms with Crippen molar-refractivity contribution < 1.29 is 9.90 Å². The van der Waals surface area contributed by atoms with Crippen LogP contribution in [0.4, 0.5) is 0 Å². The zero-order chi connectivity index (χ0) is 10.3. The van der Waals surface area contributed by atoms with Gasteiger partial charge in [-0.05, 0) is 42.9 Å². The maximum Gasteiger partial charge on any atom is 0.336 e. The number of carbonyl (C=O) groups is 1. The first kappa shape index (κ1) is 9.53. The average molecular weight is 211 g/mol. The predicted octanol–water partition coefficient (Wildman–Crippen LogP) is 3.22. The molecule has 2 rings (SSSR count). The highest BCUT2D eigenvalue weighted by molar-refractivity contribution is 6.31. The lowest BCUT2D eigenvalue weighted by Crippen LogP contribution is -2.05. The van der Waals surface area contributed by atoms with Crippen molar-refractivity contribution in [3.8, 4) is 0 Å². The van der Waals surface area contributed by atoms with Crippen molar-refractivity contribution in [1.82, 2.24) is 0 Å². The first-order valence-electron chi connectivity index (χ1n) is 4.63. The Labute approximate surface area is 87.5 Å². The van der Waals surface area contributed by atoms with Crippen LogP contribution in [0.5, 0.6) is 0 Å². The Morgan fingerprint density at radius 1 is 1.50 bits per heavy atom. The van der Waals surface area contributed by atoms with Crippen LogP contribution in [0.3, 0.4) is 0 Å². The normalized spacial score (nSPS) is 15.6. The molecule has 0 radical (unpaired) electrons. The third-order valence-electron chi connectivity index (χ3n) is 2.66. The van der Waals surface area contributed by atoms with Crippen molar-refractivity contribution >= 4 is 17.6 Å². The van der Waals surface area contributed by atoms with Crippen LogP contribution >= 0.6 is 11.6 Å². The van der Waals surface area contributed by atoms with Crippen molar-refractivity contribution in [1.29, 1.82) is 0 Å². The minimum absolute atomic E-state index is 0.403. The van der Waals surface area contributed by atoms with E-state index in [1.807, 2.05) is 6.07 Å². The number of benzene rings is 1. The third kappa shape index (κ3) is 1.50. The monoisotopic (exact) mass is 210 g/mol. The van der Waals surface area contributed by atoms with Crippen LogP contribution in [-0.4, -0.2) is 11.1 Å². The molecular formula is C11H11ClO2. The van der Waals surface area contributed by atoms with E-state index in [0.717, 1.165) is 18.4 Å². The smallest absolute Gasteiger partial charge is 0.336 e. The van der Waals surface area contributed by atoms with Gasteiger partial charge in [-0.25, -0.2) is 4.79 Å². The number of rotatable bonds is 2. The van der Waals surface area contributed by atoms with Gasteiger partial charge in [0.25, 0.3) is 0 Å². The van der Waals surface area contributed by atoms with E-state index in [9.17, 15) is 4.79 Å². The fraction of sp³-hybridized carbons (Fsp3) is 0.364. The van der Waals surface area contributed by atoms with Crippen LogP contribution in [0.1, 0.15) is 40.2 Å². The second-order valence-electron chi connectivity index (χ2n) is 3.72. The van der Waals surface area contributed by atoms with E-state index in [0.29, 0.717) is 22.1 Å². The standard InChI is InChI=1S/C11H11ClO2/c1-6-9(12)5-4-8(7-2-3-7)10(6)11(13)14/h4-5,7H,2-3H2,1H3,(H,13,14). The van der Waals surface area contributed by atoms with Gasteiger partial charge in [-0.1, -0.05) is 17.7 Å². The fourth-order valence-corrected chi connectivity index (χ4v) is 1.88. The number of carboxylic acids is 1. The van der Waals surface area contributed by atoms with Gasteiger partial charge in [0.05, 0.1) is 5.56 Å².